The van der Waals surface area contributed by atoms with E-state index >= 15 is 0 Å². The highest BCUT2D eigenvalue weighted by atomic mass is 19.1. The van der Waals surface area contributed by atoms with Crippen molar-refractivity contribution in [2.75, 3.05) is 32.7 Å². The predicted molar refractivity (Wildman–Crippen MR) is 141 cm³/mol. The lowest BCUT2D eigenvalue weighted by atomic mass is 9.86. The van der Waals surface area contributed by atoms with Crippen LogP contribution >= 0.6 is 0 Å². The summed E-state index contributed by atoms with van der Waals surface area (Å²) in [5.41, 5.74) is 2.71. The summed E-state index contributed by atoms with van der Waals surface area (Å²) in [7, 11) is 0. The largest absolute Gasteiger partial charge is 0.338 e. The van der Waals surface area contributed by atoms with Crippen LogP contribution in [-0.2, 0) is 6.42 Å². The van der Waals surface area contributed by atoms with Crippen LogP contribution in [0.1, 0.15) is 40.2 Å². The van der Waals surface area contributed by atoms with Crippen LogP contribution < -0.4 is 0 Å². The van der Waals surface area contributed by atoms with E-state index in [2.05, 4.69) is 35.2 Å². The molecule has 0 bridgehead atoms. The number of carbonyl (C=O) groups excluding carboxylic acids is 1. The molecule has 0 spiro atoms. The smallest absolute Gasteiger partial charge is 0.269 e. The second-order valence-corrected chi connectivity index (χ2v) is 10.4. The molecule has 2 aliphatic rings. The minimum Gasteiger partial charge on any atom is -0.338 e. The predicted octanol–water partition coefficient (Wildman–Crippen LogP) is 5.54. The second-order valence-electron chi connectivity index (χ2n) is 10.4. The zero-order valence-corrected chi connectivity index (χ0v) is 20.8. The van der Waals surface area contributed by atoms with Crippen molar-refractivity contribution in [2.45, 2.75) is 25.2 Å². The Bertz CT molecular complexity index is 1230. The van der Waals surface area contributed by atoms with Gasteiger partial charge in [0.1, 0.15) is 5.82 Å². The van der Waals surface area contributed by atoms with E-state index < -0.39 is 4.92 Å². The third kappa shape index (κ3) is 6.05. The van der Waals surface area contributed by atoms with Gasteiger partial charge in [0.25, 0.3) is 11.6 Å². The third-order valence-electron chi connectivity index (χ3n) is 7.90. The van der Waals surface area contributed by atoms with Gasteiger partial charge in [0.15, 0.2) is 0 Å². The van der Waals surface area contributed by atoms with Crippen LogP contribution in [-0.4, -0.2) is 53.4 Å². The fourth-order valence-electron chi connectivity index (χ4n) is 5.90. The van der Waals surface area contributed by atoms with E-state index in [9.17, 15) is 19.3 Å². The summed E-state index contributed by atoms with van der Waals surface area (Å²) in [5.74, 6) is 0.508. The first kappa shape index (κ1) is 25.1. The van der Waals surface area contributed by atoms with Crippen molar-refractivity contribution < 1.29 is 14.1 Å². The highest BCUT2D eigenvalue weighted by molar-refractivity contribution is 5.94. The van der Waals surface area contributed by atoms with Crippen molar-refractivity contribution in [3.05, 3.63) is 111 Å². The third-order valence-corrected chi connectivity index (χ3v) is 7.90. The summed E-state index contributed by atoms with van der Waals surface area (Å²) < 4.78 is 14.1. The van der Waals surface area contributed by atoms with Gasteiger partial charge in [-0.2, -0.15) is 0 Å². The number of nitrogens with zero attached hydrogens (tertiary/aromatic N) is 3. The molecule has 2 aliphatic heterocycles. The SMILES string of the molecule is O=C(c1ccc([N+](=O)[O-])cc1)N1CC(CN2CCC(Cc3ccccc3)CC2)C(c2cccc(F)c2)C1. The van der Waals surface area contributed by atoms with E-state index in [1.54, 1.807) is 12.1 Å². The van der Waals surface area contributed by atoms with Crippen LogP contribution in [0.25, 0.3) is 0 Å². The average Bonchev–Trinajstić information content (AvgIpc) is 3.34. The van der Waals surface area contributed by atoms with Crippen LogP contribution in [0.5, 0.6) is 0 Å². The number of amides is 1. The summed E-state index contributed by atoms with van der Waals surface area (Å²) in [6.45, 7) is 4.01. The van der Waals surface area contributed by atoms with Crippen molar-refractivity contribution in [1.29, 1.82) is 0 Å². The molecule has 2 saturated heterocycles. The topological polar surface area (TPSA) is 66.7 Å². The summed E-state index contributed by atoms with van der Waals surface area (Å²) in [6.07, 6.45) is 3.41. The Kier molecular flexibility index (Phi) is 7.60. The maximum Gasteiger partial charge on any atom is 0.269 e. The lowest BCUT2D eigenvalue weighted by Crippen LogP contribution is -2.39. The van der Waals surface area contributed by atoms with E-state index in [1.807, 2.05) is 11.0 Å². The standard InChI is InChI=1S/C30H32FN3O3/c31-27-8-4-7-25(18-27)29-21-33(30(35)24-9-11-28(12-10-24)34(36)37)20-26(29)19-32-15-13-23(14-16-32)17-22-5-2-1-3-6-22/h1-12,18,23,26,29H,13-17,19-21H2. The van der Waals surface area contributed by atoms with Crippen molar-refractivity contribution in [3.8, 4) is 0 Å². The molecule has 7 heteroatoms. The molecular weight excluding hydrogens is 469 g/mol. The Labute approximate surface area is 216 Å². The zero-order valence-electron chi connectivity index (χ0n) is 20.8. The van der Waals surface area contributed by atoms with Crippen molar-refractivity contribution >= 4 is 11.6 Å². The number of non-ortho nitro benzene ring substituents is 1. The molecule has 2 atom stereocenters. The van der Waals surface area contributed by atoms with Crippen molar-refractivity contribution in [3.63, 3.8) is 0 Å². The average molecular weight is 502 g/mol. The first-order valence-corrected chi connectivity index (χ1v) is 13.0. The summed E-state index contributed by atoms with van der Waals surface area (Å²) >= 11 is 0. The van der Waals surface area contributed by atoms with Crippen molar-refractivity contribution in [1.82, 2.24) is 9.80 Å². The molecular formula is C30H32FN3O3. The molecule has 6 nitrogen and oxygen atoms in total. The minimum atomic E-state index is -0.469. The van der Waals surface area contributed by atoms with E-state index in [1.165, 1.54) is 35.9 Å². The van der Waals surface area contributed by atoms with E-state index in [0.717, 1.165) is 44.5 Å². The van der Waals surface area contributed by atoms with Gasteiger partial charge in [0.2, 0.25) is 0 Å². The summed E-state index contributed by atoms with van der Waals surface area (Å²) in [6, 6.07) is 23.1. The molecule has 1 amide bonds. The fraction of sp³-hybridized carbons (Fsp3) is 0.367. The minimum absolute atomic E-state index is 0.0378. The number of hydrogen-bond acceptors (Lipinski definition) is 4. The molecule has 2 unspecified atom stereocenters. The van der Waals surface area contributed by atoms with Gasteiger partial charge in [-0.3, -0.25) is 14.9 Å². The molecule has 2 heterocycles. The highest BCUT2D eigenvalue weighted by Crippen LogP contribution is 2.35. The number of benzene rings is 3. The maximum absolute atomic E-state index is 14.1. The number of nitro benzene ring substituents is 1. The fourth-order valence-corrected chi connectivity index (χ4v) is 5.90. The maximum atomic E-state index is 14.1. The molecule has 37 heavy (non-hydrogen) atoms. The van der Waals surface area contributed by atoms with Crippen LogP contribution in [0.15, 0.2) is 78.9 Å². The normalized spacial score (nSPS) is 20.7. The number of likely N-dealkylation sites (tertiary alicyclic amines) is 2. The van der Waals surface area contributed by atoms with Gasteiger partial charge in [0, 0.05) is 43.2 Å². The highest BCUT2D eigenvalue weighted by Gasteiger charge is 2.38. The monoisotopic (exact) mass is 501 g/mol. The number of rotatable bonds is 7. The lowest BCUT2D eigenvalue weighted by molar-refractivity contribution is -0.384. The van der Waals surface area contributed by atoms with E-state index in [4.69, 9.17) is 0 Å². The van der Waals surface area contributed by atoms with Crippen molar-refractivity contribution in [2.24, 2.45) is 11.8 Å². The Morgan fingerprint density at radius 1 is 0.946 bits per heavy atom. The number of hydrogen-bond donors (Lipinski definition) is 0. The van der Waals surface area contributed by atoms with Gasteiger partial charge in [-0.05, 0) is 79.6 Å². The van der Waals surface area contributed by atoms with Crippen LogP contribution in [0.3, 0.4) is 0 Å². The van der Waals surface area contributed by atoms with Gasteiger partial charge in [-0.25, -0.2) is 4.39 Å². The molecule has 0 radical (unpaired) electrons. The van der Waals surface area contributed by atoms with Gasteiger partial charge in [-0.1, -0.05) is 42.5 Å². The van der Waals surface area contributed by atoms with E-state index in [0.29, 0.717) is 24.6 Å². The molecule has 0 saturated carbocycles. The zero-order chi connectivity index (χ0) is 25.8. The Hall–Kier alpha value is -3.58. The van der Waals surface area contributed by atoms with Gasteiger partial charge in [-0.15, -0.1) is 0 Å². The number of piperidine rings is 1. The first-order valence-electron chi connectivity index (χ1n) is 13.0. The molecule has 3 aromatic rings. The van der Waals surface area contributed by atoms with Crippen LogP contribution in [0.2, 0.25) is 0 Å². The molecule has 0 N–H and O–H groups in total. The molecule has 2 fully saturated rings. The second kappa shape index (κ2) is 11.2. The van der Waals surface area contributed by atoms with Crippen LogP contribution in [0, 0.1) is 27.8 Å². The molecule has 0 aromatic heterocycles. The lowest BCUT2D eigenvalue weighted by Gasteiger charge is -2.34. The Morgan fingerprint density at radius 2 is 1.68 bits per heavy atom. The molecule has 192 valence electrons. The quantitative estimate of drug-likeness (QED) is 0.315. The first-order chi connectivity index (χ1) is 18.0. The Morgan fingerprint density at radius 3 is 2.35 bits per heavy atom. The van der Waals surface area contributed by atoms with E-state index in [-0.39, 0.29) is 29.2 Å². The number of halogens is 1. The molecule has 3 aromatic carbocycles. The molecule has 0 aliphatic carbocycles. The van der Waals surface area contributed by atoms with Gasteiger partial charge < -0.3 is 9.80 Å². The molecule has 5 rings (SSSR count). The number of nitro groups is 1. The summed E-state index contributed by atoms with van der Waals surface area (Å²) in [5, 5.41) is 11.0. The van der Waals surface area contributed by atoms with Gasteiger partial charge in [0.05, 0.1) is 4.92 Å². The van der Waals surface area contributed by atoms with Gasteiger partial charge >= 0.3 is 0 Å². The summed E-state index contributed by atoms with van der Waals surface area (Å²) in [4.78, 5) is 28.1. The van der Waals surface area contributed by atoms with Crippen LogP contribution in [0.4, 0.5) is 10.1 Å². The number of carbonyl (C=O) groups is 1. The Balaban J connectivity index is 1.26.